The predicted molar refractivity (Wildman–Crippen MR) is 88.6 cm³/mol. The quantitative estimate of drug-likeness (QED) is 0.928. The molecule has 0 aliphatic carbocycles. The van der Waals surface area contributed by atoms with Gasteiger partial charge in [-0.25, -0.2) is 8.42 Å². The Bertz CT molecular complexity index is 662. The zero-order chi connectivity index (χ0) is 16.5. The van der Waals surface area contributed by atoms with Crippen molar-refractivity contribution in [3.8, 4) is 0 Å². The Hall–Kier alpha value is -1.56. The topological polar surface area (TPSA) is 66.5 Å². The molecule has 0 radical (unpaired) electrons. The molecule has 0 unspecified atom stereocenters. The first-order chi connectivity index (χ1) is 10.1. The minimum Gasteiger partial charge on any atom is -0.349 e. The van der Waals surface area contributed by atoms with Gasteiger partial charge >= 0.3 is 0 Å². The van der Waals surface area contributed by atoms with Crippen LogP contribution in [-0.2, 0) is 10.0 Å². The standard InChI is InChI=1S/C16H24N2O3S/c1-12(16(2,3)4)17-15(19)13-7-5-8-14(11-13)18-9-6-10-22(18,20)21/h5,7-8,11-12H,6,9-10H2,1-4H3,(H,17,19)/t12-/m1/s1. The third-order valence-electron chi connectivity index (χ3n) is 4.14. The molecular weight excluding hydrogens is 300 g/mol. The number of benzene rings is 1. The van der Waals surface area contributed by atoms with Gasteiger partial charge in [0, 0.05) is 18.2 Å². The first kappa shape index (κ1) is 16.8. The van der Waals surface area contributed by atoms with E-state index >= 15 is 0 Å². The van der Waals surface area contributed by atoms with Crippen molar-refractivity contribution in [1.82, 2.24) is 5.32 Å². The Balaban J connectivity index is 2.20. The second kappa shape index (κ2) is 5.91. The Kier molecular flexibility index (Phi) is 4.52. The monoisotopic (exact) mass is 324 g/mol. The molecule has 2 rings (SSSR count). The van der Waals surface area contributed by atoms with E-state index in [0.29, 0.717) is 24.2 Å². The normalized spacial score (nSPS) is 19.0. The smallest absolute Gasteiger partial charge is 0.251 e. The molecule has 1 aliphatic heterocycles. The van der Waals surface area contributed by atoms with Crippen molar-refractivity contribution < 1.29 is 13.2 Å². The highest BCUT2D eigenvalue weighted by atomic mass is 32.2. The molecule has 1 aromatic rings. The van der Waals surface area contributed by atoms with Crippen molar-refractivity contribution in [2.45, 2.75) is 40.2 Å². The highest BCUT2D eigenvalue weighted by Gasteiger charge is 2.29. The van der Waals surface area contributed by atoms with E-state index < -0.39 is 10.0 Å². The number of carbonyl (C=O) groups excluding carboxylic acids is 1. The Morgan fingerprint density at radius 3 is 2.55 bits per heavy atom. The van der Waals surface area contributed by atoms with Gasteiger partial charge in [0.25, 0.3) is 5.91 Å². The number of carbonyl (C=O) groups is 1. The van der Waals surface area contributed by atoms with Crippen LogP contribution in [-0.4, -0.2) is 32.7 Å². The van der Waals surface area contributed by atoms with E-state index in [1.165, 1.54) is 4.31 Å². The molecule has 122 valence electrons. The van der Waals surface area contributed by atoms with Gasteiger partial charge in [0.15, 0.2) is 0 Å². The second-order valence-electron chi connectivity index (χ2n) is 6.85. The Morgan fingerprint density at radius 1 is 1.32 bits per heavy atom. The second-order valence-corrected chi connectivity index (χ2v) is 8.87. The molecule has 1 amide bonds. The van der Waals surface area contributed by atoms with Gasteiger partial charge in [0.2, 0.25) is 10.0 Å². The number of nitrogens with zero attached hydrogens (tertiary/aromatic N) is 1. The summed E-state index contributed by atoms with van der Waals surface area (Å²) in [7, 11) is -3.23. The lowest BCUT2D eigenvalue weighted by Crippen LogP contribution is -2.41. The number of anilines is 1. The molecule has 0 spiro atoms. The first-order valence-corrected chi connectivity index (χ1v) is 9.13. The maximum atomic E-state index is 12.4. The molecule has 5 nitrogen and oxygen atoms in total. The van der Waals surface area contributed by atoms with Crippen LogP contribution in [0, 0.1) is 5.41 Å². The molecule has 1 aromatic carbocycles. The minimum absolute atomic E-state index is 0.0131. The Morgan fingerprint density at radius 2 is 2.00 bits per heavy atom. The summed E-state index contributed by atoms with van der Waals surface area (Å²) in [5, 5.41) is 2.97. The molecule has 1 N–H and O–H groups in total. The average Bonchev–Trinajstić information content (AvgIpc) is 2.77. The lowest BCUT2D eigenvalue weighted by molar-refractivity contribution is 0.0910. The van der Waals surface area contributed by atoms with Crippen LogP contribution >= 0.6 is 0 Å². The largest absolute Gasteiger partial charge is 0.349 e. The minimum atomic E-state index is -3.23. The SMILES string of the molecule is C[C@@H](NC(=O)c1cccc(N2CCCS2(=O)=O)c1)C(C)(C)C. The average molecular weight is 324 g/mol. The van der Waals surface area contributed by atoms with E-state index in [1.807, 2.05) is 6.92 Å². The fraction of sp³-hybridized carbons (Fsp3) is 0.562. The highest BCUT2D eigenvalue weighted by molar-refractivity contribution is 7.93. The summed E-state index contributed by atoms with van der Waals surface area (Å²) in [6, 6.07) is 6.82. The molecule has 0 aromatic heterocycles. The van der Waals surface area contributed by atoms with Gasteiger partial charge in [-0.3, -0.25) is 9.10 Å². The van der Waals surface area contributed by atoms with Crippen LogP contribution < -0.4 is 9.62 Å². The zero-order valence-electron chi connectivity index (χ0n) is 13.6. The van der Waals surface area contributed by atoms with Crippen molar-refractivity contribution >= 4 is 21.6 Å². The summed E-state index contributed by atoms with van der Waals surface area (Å²) in [4.78, 5) is 12.4. The summed E-state index contributed by atoms with van der Waals surface area (Å²) in [6.45, 7) is 8.63. The molecular formula is C16H24N2O3S. The molecule has 6 heteroatoms. The fourth-order valence-corrected chi connectivity index (χ4v) is 3.78. The molecule has 1 fully saturated rings. The third kappa shape index (κ3) is 3.61. The van der Waals surface area contributed by atoms with Crippen molar-refractivity contribution in [3.63, 3.8) is 0 Å². The molecule has 0 bridgehead atoms. The van der Waals surface area contributed by atoms with Crippen LogP contribution in [0.5, 0.6) is 0 Å². The number of rotatable bonds is 3. The maximum absolute atomic E-state index is 12.4. The van der Waals surface area contributed by atoms with Gasteiger partial charge in [0.05, 0.1) is 11.4 Å². The van der Waals surface area contributed by atoms with Crippen LogP contribution in [0.1, 0.15) is 44.5 Å². The summed E-state index contributed by atoms with van der Waals surface area (Å²) in [5.74, 6) is -0.00864. The first-order valence-electron chi connectivity index (χ1n) is 7.52. The van der Waals surface area contributed by atoms with Crippen molar-refractivity contribution in [2.24, 2.45) is 5.41 Å². The number of hydrogen-bond donors (Lipinski definition) is 1. The summed E-state index contributed by atoms with van der Waals surface area (Å²) >= 11 is 0. The number of nitrogens with one attached hydrogen (secondary N) is 1. The maximum Gasteiger partial charge on any atom is 0.251 e. The molecule has 22 heavy (non-hydrogen) atoms. The highest BCUT2D eigenvalue weighted by Crippen LogP contribution is 2.25. The number of hydrogen-bond acceptors (Lipinski definition) is 3. The molecule has 1 heterocycles. The Labute approximate surface area is 132 Å². The van der Waals surface area contributed by atoms with E-state index in [4.69, 9.17) is 0 Å². The van der Waals surface area contributed by atoms with Crippen LogP contribution in [0.3, 0.4) is 0 Å². The van der Waals surface area contributed by atoms with Gasteiger partial charge < -0.3 is 5.32 Å². The summed E-state index contributed by atoms with van der Waals surface area (Å²) in [5.41, 5.74) is 1.01. The van der Waals surface area contributed by atoms with Crippen molar-refractivity contribution in [1.29, 1.82) is 0 Å². The number of amides is 1. The molecule has 1 saturated heterocycles. The van der Waals surface area contributed by atoms with Gasteiger partial charge in [-0.15, -0.1) is 0 Å². The van der Waals surface area contributed by atoms with Crippen LogP contribution in [0.25, 0.3) is 0 Å². The predicted octanol–water partition coefficient (Wildman–Crippen LogP) is 2.39. The van der Waals surface area contributed by atoms with Gasteiger partial charge in [-0.05, 0) is 37.0 Å². The lowest BCUT2D eigenvalue weighted by Gasteiger charge is -2.28. The van der Waals surface area contributed by atoms with Crippen molar-refractivity contribution in [3.05, 3.63) is 29.8 Å². The van der Waals surface area contributed by atoms with E-state index in [-0.39, 0.29) is 23.1 Å². The van der Waals surface area contributed by atoms with Gasteiger partial charge in [-0.2, -0.15) is 0 Å². The fourth-order valence-electron chi connectivity index (χ4n) is 2.23. The summed E-state index contributed by atoms with van der Waals surface area (Å²) in [6.07, 6.45) is 0.625. The zero-order valence-corrected chi connectivity index (χ0v) is 14.4. The van der Waals surface area contributed by atoms with Crippen LogP contribution in [0.15, 0.2) is 24.3 Å². The van der Waals surface area contributed by atoms with E-state index in [9.17, 15) is 13.2 Å². The number of sulfonamides is 1. The molecule has 1 aliphatic rings. The lowest BCUT2D eigenvalue weighted by atomic mass is 9.88. The van der Waals surface area contributed by atoms with E-state index in [1.54, 1.807) is 24.3 Å². The van der Waals surface area contributed by atoms with Crippen LogP contribution in [0.4, 0.5) is 5.69 Å². The van der Waals surface area contributed by atoms with Gasteiger partial charge in [0.1, 0.15) is 0 Å². The third-order valence-corrected chi connectivity index (χ3v) is 6.01. The van der Waals surface area contributed by atoms with Gasteiger partial charge in [-0.1, -0.05) is 26.8 Å². The molecule has 1 atom stereocenters. The van der Waals surface area contributed by atoms with E-state index in [2.05, 4.69) is 26.1 Å². The van der Waals surface area contributed by atoms with E-state index in [0.717, 1.165) is 0 Å². The summed E-state index contributed by atoms with van der Waals surface area (Å²) < 4.78 is 25.3. The molecule has 0 saturated carbocycles. The van der Waals surface area contributed by atoms with Crippen LogP contribution in [0.2, 0.25) is 0 Å². The van der Waals surface area contributed by atoms with Crippen molar-refractivity contribution in [2.75, 3.05) is 16.6 Å².